The van der Waals surface area contributed by atoms with Gasteiger partial charge in [-0.3, -0.25) is 0 Å². The fraction of sp³-hybridized carbons (Fsp3) is 0.0233. The lowest BCUT2D eigenvalue weighted by Gasteiger charge is -2.36. The van der Waals surface area contributed by atoms with Crippen molar-refractivity contribution < 1.29 is 0 Å². The zero-order chi connectivity index (χ0) is 61.7. The van der Waals surface area contributed by atoms with Gasteiger partial charge in [0.25, 0.3) is 0 Å². The summed E-state index contributed by atoms with van der Waals surface area (Å²) < 4.78 is 0. The third-order valence-corrected chi connectivity index (χ3v) is 20.0. The second-order valence-corrected chi connectivity index (χ2v) is 25.1. The van der Waals surface area contributed by atoms with E-state index in [4.69, 9.17) is 0 Å². The van der Waals surface area contributed by atoms with Crippen molar-refractivity contribution >= 4 is 138 Å². The summed E-state index contributed by atoms with van der Waals surface area (Å²) in [6.45, 7) is 5.27. The Hall–Kier alpha value is -11.5. The number of hydrogen-bond donors (Lipinski definition) is 0. The maximum Gasteiger partial charge on any atom is 0.248 e. The molecule has 0 aromatic heterocycles. The van der Waals surface area contributed by atoms with Gasteiger partial charge in [0.1, 0.15) is 0 Å². The molecule has 0 fully saturated rings. The van der Waals surface area contributed by atoms with E-state index >= 15 is 0 Å². The van der Waals surface area contributed by atoms with Gasteiger partial charge in [-0.25, -0.2) is 0 Å². The van der Waals surface area contributed by atoms with E-state index in [0.29, 0.717) is 13.4 Å². The first-order valence-electron chi connectivity index (χ1n) is 32.5. The van der Waals surface area contributed by atoms with Crippen LogP contribution in [-0.4, -0.2) is 20.1 Å². The molecular weight excluding hydrogens is 1120 g/mol. The van der Waals surface area contributed by atoms with Crippen molar-refractivity contribution in [3.8, 4) is 33.4 Å². The molecule has 0 bridgehead atoms. The van der Waals surface area contributed by atoms with E-state index in [1.165, 1.54) is 139 Å². The van der Waals surface area contributed by atoms with E-state index in [1.54, 1.807) is 0 Å². The molecule has 6 heterocycles. The monoisotopic (exact) mass is 1180 g/mol. The van der Waals surface area contributed by atoms with Crippen molar-refractivity contribution in [1.29, 1.82) is 0 Å². The van der Waals surface area contributed by atoms with Crippen LogP contribution in [-0.2, 0) is 0 Å². The van der Waals surface area contributed by atoms with Crippen LogP contribution in [0.4, 0.5) is 68.2 Å². The van der Waals surface area contributed by atoms with Crippen LogP contribution in [0.25, 0.3) is 33.4 Å². The number of aryl methyl sites for hydroxylation is 2. The van der Waals surface area contributed by atoms with Crippen molar-refractivity contribution in [2.75, 3.05) is 19.6 Å². The molecule has 7 heteroatoms. The van der Waals surface area contributed by atoms with Crippen molar-refractivity contribution in [2.45, 2.75) is 13.8 Å². The van der Waals surface area contributed by atoms with Gasteiger partial charge in [0.05, 0.1) is 0 Å². The first-order valence-corrected chi connectivity index (χ1v) is 32.5. The average Bonchev–Trinajstić information content (AvgIpc) is 1.61. The highest BCUT2D eigenvalue weighted by atomic mass is 15.2. The van der Waals surface area contributed by atoms with E-state index in [-0.39, 0.29) is 6.71 Å². The zero-order valence-electron chi connectivity index (χ0n) is 51.8. The highest BCUT2D eigenvalue weighted by molar-refractivity contribution is 7.03. The standard InChI is InChI=1S/C36H25BN2.2C25H18BN/c1-3-12-26(13-4-1)38(27-14-5-2-6-15-27)28-22-24-29(25-23-28)39-34-20-10-9-19-33(34)37-32-18-8-7-16-30(32)31-17-11-21-35(39)36(31)37;1-17-9-2-6-14-22(17)27-23-15-7-5-13-21(23)26-20-12-4-3-10-18(20)19-11-8-16-24(27)25(19)26;1-17-8-6-9-18(16-17)27-23-14-5-4-13-22(23)26-21-12-3-2-10-19(21)20-11-7-15-24(27)25(20)26/h1-25H;2*2-16H,1H3. The lowest BCUT2D eigenvalue weighted by atomic mass is 9.37. The molecule has 93 heavy (non-hydrogen) atoms. The van der Waals surface area contributed by atoms with E-state index in [1.807, 2.05) is 0 Å². The van der Waals surface area contributed by atoms with E-state index in [2.05, 4.69) is 367 Å². The molecule has 6 aliphatic rings. The quantitative estimate of drug-likeness (QED) is 0.154. The molecule has 0 radical (unpaired) electrons. The lowest BCUT2D eigenvalue weighted by Crippen LogP contribution is -2.54. The Balaban J connectivity index is 0.000000105. The second kappa shape index (κ2) is 22.2. The summed E-state index contributed by atoms with van der Waals surface area (Å²) in [5.41, 5.74) is 38.3. The van der Waals surface area contributed by atoms with Crippen LogP contribution in [0.2, 0.25) is 0 Å². The van der Waals surface area contributed by atoms with Crippen molar-refractivity contribution in [3.63, 3.8) is 0 Å². The van der Waals surface area contributed by atoms with Gasteiger partial charge in [0.2, 0.25) is 20.1 Å². The summed E-state index contributed by atoms with van der Waals surface area (Å²) in [6.07, 6.45) is 0. The molecule has 0 saturated heterocycles. The predicted molar refractivity (Wildman–Crippen MR) is 398 cm³/mol. The van der Waals surface area contributed by atoms with Crippen LogP contribution >= 0.6 is 0 Å². The van der Waals surface area contributed by atoms with Crippen LogP contribution in [0.1, 0.15) is 11.1 Å². The Morgan fingerprint density at radius 1 is 0.226 bits per heavy atom. The fourth-order valence-electron chi connectivity index (χ4n) is 16.2. The van der Waals surface area contributed by atoms with Gasteiger partial charge in [-0.05, 0) is 194 Å². The molecule has 0 amide bonds. The number of fused-ring (bicyclic) bond motifs is 15. The van der Waals surface area contributed by atoms with Gasteiger partial charge < -0.3 is 19.6 Å². The Morgan fingerprint density at radius 2 is 0.548 bits per heavy atom. The van der Waals surface area contributed by atoms with Crippen LogP contribution in [0.15, 0.2) is 334 Å². The number of nitrogens with zero attached hydrogens (tertiary/aromatic N) is 4. The summed E-state index contributed by atoms with van der Waals surface area (Å²) in [4.78, 5) is 9.63. The minimum absolute atomic E-state index is 0.269. The van der Waals surface area contributed by atoms with E-state index in [9.17, 15) is 0 Å². The first kappa shape index (κ1) is 54.4. The molecule has 434 valence electrons. The molecule has 20 rings (SSSR count). The maximum atomic E-state index is 2.45. The summed E-state index contributed by atoms with van der Waals surface area (Å²) in [7, 11) is 0. The van der Waals surface area contributed by atoms with Gasteiger partial charge >= 0.3 is 0 Å². The second-order valence-electron chi connectivity index (χ2n) is 25.1. The molecule has 0 N–H and O–H groups in total. The van der Waals surface area contributed by atoms with Crippen molar-refractivity contribution in [1.82, 2.24) is 0 Å². The Bertz CT molecular complexity index is 5220. The summed E-state index contributed by atoms with van der Waals surface area (Å²) in [6, 6.07) is 121. The molecular formula is C86H61B3N4. The molecule has 0 unspecified atom stereocenters. The number of hydrogen-bond acceptors (Lipinski definition) is 4. The summed E-state index contributed by atoms with van der Waals surface area (Å²) in [5.74, 6) is 0. The summed E-state index contributed by atoms with van der Waals surface area (Å²) in [5, 5.41) is 0. The van der Waals surface area contributed by atoms with Gasteiger partial charge in [-0.2, -0.15) is 0 Å². The predicted octanol–water partition coefficient (Wildman–Crippen LogP) is 16.0. The number of rotatable bonds is 6. The molecule has 0 atom stereocenters. The molecule has 14 aromatic carbocycles. The lowest BCUT2D eigenvalue weighted by molar-refractivity contribution is 1.26. The Kier molecular flexibility index (Phi) is 13.0. The number of benzene rings is 14. The van der Waals surface area contributed by atoms with E-state index < -0.39 is 0 Å². The minimum atomic E-state index is 0.269. The molecule has 0 saturated carbocycles. The van der Waals surface area contributed by atoms with E-state index in [0.717, 1.165) is 22.7 Å². The summed E-state index contributed by atoms with van der Waals surface area (Å²) >= 11 is 0. The first-order chi connectivity index (χ1) is 46.1. The molecule has 14 aromatic rings. The van der Waals surface area contributed by atoms with Gasteiger partial charge in [0.15, 0.2) is 0 Å². The fourth-order valence-corrected chi connectivity index (χ4v) is 16.2. The third-order valence-electron chi connectivity index (χ3n) is 20.0. The third kappa shape index (κ3) is 8.64. The highest BCUT2D eigenvalue weighted by Gasteiger charge is 2.45. The van der Waals surface area contributed by atoms with Crippen molar-refractivity contribution in [3.05, 3.63) is 345 Å². The van der Waals surface area contributed by atoms with Crippen LogP contribution in [0, 0.1) is 13.8 Å². The molecule has 6 aliphatic heterocycles. The number of para-hydroxylation sites is 6. The Labute approximate surface area is 545 Å². The normalized spacial score (nSPS) is 12.9. The van der Waals surface area contributed by atoms with Gasteiger partial charge in [0, 0.05) is 68.2 Å². The van der Waals surface area contributed by atoms with Crippen LogP contribution in [0.5, 0.6) is 0 Å². The minimum Gasteiger partial charge on any atom is -0.311 e. The number of anilines is 12. The van der Waals surface area contributed by atoms with Crippen molar-refractivity contribution in [2.24, 2.45) is 0 Å². The van der Waals surface area contributed by atoms with Gasteiger partial charge in [-0.1, -0.05) is 247 Å². The zero-order valence-corrected chi connectivity index (χ0v) is 51.8. The smallest absolute Gasteiger partial charge is 0.248 e. The molecule has 0 spiro atoms. The molecule has 0 aliphatic carbocycles. The van der Waals surface area contributed by atoms with Crippen LogP contribution in [0.3, 0.4) is 0 Å². The SMILES string of the molecule is Cc1cccc(N2c3ccccc3B3c4ccccc4-c4cccc2c43)c1.Cc1ccccc1N1c2ccccc2B2c3ccccc3-c3cccc1c32.c1ccc(N(c2ccccc2)c2ccc(N3c4ccccc4B4c5ccccc5-c5cccc3c54)cc2)cc1. The topological polar surface area (TPSA) is 13.0 Å². The Morgan fingerprint density at radius 3 is 0.989 bits per heavy atom. The molecule has 4 nitrogen and oxygen atoms in total. The van der Waals surface area contributed by atoms with Gasteiger partial charge in [-0.15, -0.1) is 0 Å². The van der Waals surface area contributed by atoms with Crippen LogP contribution < -0.4 is 68.8 Å². The largest absolute Gasteiger partial charge is 0.311 e. The highest BCUT2D eigenvalue weighted by Crippen LogP contribution is 2.45. The maximum absolute atomic E-state index is 2.45. The average molecular weight is 1180 g/mol.